The van der Waals surface area contributed by atoms with E-state index in [-0.39, 0.29) is 0 Å². The highest BCUT2D eigenvalue weighted by atomic mass is 16.5. The third-order valence-electron chi connectivity index (χ3n) is 3.55. The van der Waals surface area contributed by atoms with Gasteiger partial charge in [-0.3, -0.25) is 0 Å². The maximum atomic E-state index is 6.07. The van der Waals surface area contributed by atoms with Crippen molar-refractivity contribution in [3.63, 3.8) is 0 Å². The van der Waals surface area contributed by atoms with Crippen LogP contribution in [0.25, 0.3) is 10.8 Å². The van der Waals surface area contributed by atoms with Crippen LogP contribution >= 0.6 is 0 Å². The zero-order valence-electron chi connectivity index (χ0n) is 10.6. The molecule has 0 bridgehead atoms. The third-order valence-corrected chi connectivity index (χ3v) is 3.55. The van der Waals surface area contributed by atoms with Crippen LogP contribution in [0.15, 0.2) is 30.5 Å². The number of hydrogen-bond acceptors (Lipinski definition) is 3. The van der Waals surface area contributed by atoms with Crippen LogP contribution in [0, 0.1) is 6.92 Å². The number of aromatic nitrogens is 1. The number of rotatable bonds is 2. The third kappa shape index (κ3) is 2.18. The Morgan fingerprint density at radius 1 is 1.17 bits per heavy atom. The largest absolute Gasteiger partial charge is 0.474 e. The Morgan fingerprint density at radius 3 is 2.83 bits per heavy atom. The highest BCUT2D eigenvalue weighted by molar-refractivity contribution is 5.89. The molecule has 0 amide bonds. The molecule has 2 heterocycles. The standard InChI is InChI=1S/C15H18N2O/c1-11-3-2-4-14-13(11)7-10-17-15(14)18-12-5-8-16-9-6-12/h2-4,7,10,12,16H,5-6,8-9H2,1H3. The summed E-state index contributed by atoms with van der Waals surface area (Å²) in [5.74, 6) is 0.781. The molecule has 0 spiro atoms. The van der Waals surface area contributed by atoms with Crippen LogP contribution in [0.3, 0.4) is 0 Å². The normalized spacial score (nSPS) is 16.9. The molecule has 0 unspecified atom stereocenters. The van der Waals surface area contributed by atoms with Gasteiger partial charge in [0.05, 0.1) is 0 Å². The van der Waals surface area contributed by atoms with E-state index in [9.17, 15) is 0 Å². The van der Waals surface area contributed by atoms with E-state index >= 15 is 0 Å². The average molecular weight is 242 g/mol. The Hall–Kier alpha value is -1.61. The molecule has 18 heavy (non-hydrogen) atoms. The van der Waals surface area contributed by atoms with E-state index in [2.05, 4.69) is 41.5 Å². The highest BCUT2D eigenvalue weighted by Gasteiger charge is 2.16. The molecule has 3 heteroatoms. The quantitative estimate of drug-likeness (QED) is 0.879. The number of pyridine rings is 1. The number of fused-ring (bicyclic) bond motifs is 1. The van der Waals surface area contributed by atoms with E-state index in [1.54, 1.807) is 0 Å². The van der Waals surface area contributed by atoms with Gasteiger partial charge in [0.1, 0.15) is 6.10 Å². The lowest BCUT2D eigenvalue weighted by molar-refractivity contribution is 0.158. The summed E-state index contributed by atoms with van der Waals surface area (Å²) in [6.07, 6.45) is 4.25. The number of nitrogens with zero attached hydrogens (tertiary/aromatic N) is 1. The van der Waals surface area contributed by atoms with Crippen molar-refractivity contribution in [3.05, 3.63) is 36.0 Å². The minimum Gasteiger partial charge on any atom is -0.474 e. The fourth-order valence-electron chi connectivity index (χ4n) is 2.50. The molecule has 1 N–H and O–H groups in total. The van der Waals surface area contributed by atoms with Crippen LogP contribution < -0.4 is 10.1 Å². The van der Waals surface area contributed by atoms with Crippen molar-refractivity contribution < 1.29 is 4.74 Å². The number of aryl methyl sites for hydroxylation is 1. The van der Waals surface area contributed by atoms with Gasteiger partial charge in [0, 0.05) is 11.6 Å². The summed E-state index contributed by atoms with van der Waals surface area (Å²) in [7, 11) is 0. The summed E-state index contributed by atoms with van der Waals surface area (Å²) in [6, 6.07) is 8.33. The molecule has 0 saturated carbocycles. The van der Waals surface area contributed by atoms with Crippen molar-refractivity contribution in [2.75, 3.05) is 13.1 Å². The molecule has 1 fully saturated rings. The van der Waals surface area contributed by atoms with Crippen molar-refractivity contribution in [1.82, 2.24) is 10.3 Å². The smallest absolute Gasteiger partial charge is 0.221 e. The summed E-state index contributed by atoms with van der Waals surface area (Å²) in [4.78, 5) is 4.40. The van der Waals surface area contributed by atoms with Gasteiger partial charge in [0.2, 0.25) is 5.88 Å². The Kier molecular flexibility index (Phi) is 3.15. The molecule has 0 aliphatic carbocycles. The predicted molar refractivity (Wildman–Crippen MR) is 73.0 cm³/mol. The van der Waals surface area contributed by atoms with Crippen molar-refractivity contribution in [2.24, 2.45) is 0 Å². The zero-order chi connectivity index (χ0) is 12.4. The fraction of sp³-hybridized carbons (Fsp3) is 0.400. The second-order valence-electron chi connectivity index (χ2n) is 4.85. The topological polar surface area (TPSA) is 34.1 Å². The maximum Gasteiger partial charge on any atom is 0.221 e. The molecular formula is C15H18N2O. The fourth-order valence-corrected chi connectivity index (χ4v) is 2.50. The molecule has 0 radical (unpaired) electrons. The van der Waals surface area contributed by atoms with E-state index in [1.165, 1.54) is 10.9 Å². The van der Waals surface area contributed by atoms with Crippen LogP contribution in [0.2, 0.25) is 0 Å². The van der Waals surface area contributed by atoms with Gasteiger partial charge < -0.3 is 10.1 Å². The Morgan fingerprint density at radius 2 is 2.00 bits per heavy atom. The molecule has 1 aliphatic rings. The first-order valence-corrected chi connectivity index (χ1v) is 6.56. The summed E-state index contributed by atoms with van der Waals surface area (Å²) in [5.41, 5.74) is 1.27. The van der Waals surface area contributed by atoms with E-state index < -0.39 is 0 Å². The predicted octanol–water partition coefficient (Wildman–Crippen LogP) is 2.67. The van der Waals surface area contributed by atoms with Crippen molar-refractivity contribution in [3.8, 4) is 5.88 Å². The number of hydrogen-bond donors (Lipinski definition) is 1. The first kappa shape index (κ1) is 11.5. The first-order valence-electron chi connectivity index (χ1n) is 6.56. The number of benzene rings is 1. The van der Waals surface area contributed by atoms with Crippen LogP contribution in [0.1, 0.15) is 18.4 Å². The van der Waals surface area contributed by atoms with Gasteiger partial charge in [0.15, 0.2) is 0 Å². The summed E-state index contributed by atoms with van der Waals surface area (Å²) in [5, 5.41) is 5.70. The molecule has 1 aromatic heterocycles. The molecule has 94 valence electrons. The van der Waals surface area contributed by atoms with Crippen LogP contribution in [-0.4, -0.2) is 24.2 Å². The van der Waals surface area contributed by atoms with Gasteiger partial charge in [-0.15, -0.1) is 0 Å². The zero-order valence-corrected chi connectivity index (χ0v) is 10.6. The minimum atomic E-state index is 0.296. The van der Waals surface area contributed by atoms with Gasteiger partial charge in [-0.25, -0.2) is 4.98 Å². The Balaban J connectivity index is 1.93. The molecule has 2 aromatic rings. The molecular weight excluding hydrogens is 224 g/mol. The van der Waals surface area contributed by atoms with Crippen LogP contribution in [0.4, 0.5) is 0 Å². The van der Waals surface area contributed by atoms with E-state index in [0.717, 1.165) is 37.2 Å². The van der Waals surface area contributed by atoms with Crippen molar-refractivity contribution in [2.45, 2.75) is 25.9 Å². The monoisotopic (exact) mass is 242 g/mol. The van der Waals surface area contributed by atoms with E-state index in [0.29, 0.717) is 6.10 Å². The van der Waals surface area contributed by atoms with Gasteiger partial charge in [-0.1, -0.05) is 12.1 Å². The lowest BCUT2D eigenvalue weighted by atomic mass is 10.1. The molecule has 0 atom stereocenters. The maximum absolute atomic E-state index is 6.07. The van der Waals surface area contributed by atoms with Gasteiger partial charge >= 0.3 is 0 Å². The average Bonchev–Trinajstić information content (AvgIpc) is 2.41. The highest BCUT2D eigenvalue weighted by Crippen LogP contribution is 2.27. The lowest BCUT2D eigenvalue weighted by Crippen LogP contribution is -2.34. The Bertz CT molecular complexity index is 547. The van der Waals surface area contributed by atoms with Gasteiger partial charge in [0.25, 0.3) is 0 Å². The van der Waals surface area contributed by atoms with Gasteiger partial charge in [-0.05, 0) is 55.9 Å². The minimum absolute atomic E-state index is 0.296. The summed E-state index contributed by atoms with van der Waals surface area (Å²) < 4.78 is 6.07. The number of ether oxygens (including phenoxy) is 1. The van der Waals surface area contributed by atoms with Crippen molar-refractivity contribution in [1.29, 1.82) is 0 Å². The molecule has 1 saturated heterocycles. The number of nitrogens with one attached hydrogen (secondary N) is 1. The SMILES string of the molecule is Cc1cccc2c(OC3CCNCC3)nccc12. The van der Waals surface area contributed by atoms with Crippen LogP contribution in [0.5, 0.6) is 5.88 Å². The van der Waals surface area contributed by atoms with E-state index in [4.69, 9.17) is 4.74 Å². The molecule has 3 nitrogen and oxygen atoms in total. The molecule has 1 aliphatic heterocycles. The number of piperidine rings is 1. The van der Waals surface area contributed by atoms with Crippen molar-refractivity contribution >= 4 is 10.8 Å². The van der Waals surface area contributed by atoms with E-state index in [1.807, 2.05) is 6.20 Å². The first-order chi connectivity index (χ1) is 8.84. The van der Waals surface area contributed by atoms with Gasteiger partial charge in [-0.2, -0.15) is 0 Å². The van der Waals surface area contributed by atoms with Crippen LogP contribution in [-0.2, 0) is 0 Å². The lowest BCUT2D eigenvalue weighted by Gasteiger charge is -2.23. The summed E-state index contributed by atoms with van der Waals surface area (Å²) >= 11 is 0. The molecule has 1 aromatic carbocycles. The Labute approximate surface area is 107 Å². The molecule has 3 rings (SSSR count). The second kappa shape index (κ2) is 4.94. The summed E-state index contributed by atoms with van der Waals surface area (Å²) in [6.45, 7) is 4.19. The second-order valence-corrected chi connectivity index (χ2v) is 4.85.